The highest BCUT2D eigenvalue weighted by molar-refractivity contribution is 7.98. The lowest BCUT2D eigenvalue weighted by molar-refractivity contribution is 0.0949. The van der Waals surface area contributed by atoms with Crippen LogP contribution in [0.15, 0.2) is 82.0 Å². The van der Waals surface area contributed by atoms with E-state index in [1.165, 1.54) is 23.1 Å². The number of benzene rings is 1. The van der Waals surface area contributed by atoms with Crippen LogP contribution in [0.3, 0.4) is 0 Å². The third kappa shape index (κ3) is 5.31. The Morgan fingerprint density at radius 1 is 1.14 bits per heavy atom. The highest BCUT2D eigenvalue weighted by atomic mass is 32.2. The monoisotopic (exact) mass is 518 g/mol. The maximum atomic E-state index is 12.5. The van der Waals surface area contributed by atoms with E-state index in [0.717, 1.165) is 16.4 Å². The largest absolute Gasteiger partial charge is 0.495 e. The second-order valence-corrected chi connectivity index (χ2v) is 9.42. The number of thioether (sulfide) groups is 1. The lowest BCUT2D eigenvalue weighted by atomic mass is 10.2. The molecule has 1 amide bonds. The van der Waals surface area contributed by atoms with Crippen molar-refractivity contribution < 1.29 is 13.9 Å². The van der Waals surface area contributed by atoms with Crippen molar-refractivity contribution in [2.24, 2.45) is 0 Å². The van der Waals surface area contributed by atoms with Crippen LogP contribution in [0.5, 0.6) is 5.75 Å². The third-order valence-corrected chi connectivity index (χ3v) is 7.17. The van der Waals surface area contributed by atoms with Crippen LogP contribution in [0.1, 0.15) is 21.2 Å². The number of nitrogens with one attached hydrogen (secondary N) is 1. The number of nitrogens with zero attached hydrogens (tertiary/aromatic N) is 5. The molecule has 0 atom stereocenters. The number of methoxy groups -OCH3 is 1. The zero-order valence-corrected chi connectivity index (χ0v) is 21.0. The van der Waals surface area contributed by atoms with Gasteiger partial charge in [-0.15, -0.1) is 21.5 Å². The Labute approximate surface area is 215 Å². The van der Waals surface area contributed by atoms with Crippen molar-refractivity contribution in [2.75, 3.05) is 13.7 Å². The molecule has 0 saturated heterocycles. The van der Waals surface area contributed by atoms with Gasteiger partial charge in [0.1, 0.15) is 16.5 Å². The van der Waals surface area contributed by atoms with E-state index in [1.807, 2.05) is 59.2 Å². The molecule has 0 radical (unpaired) electrons. The molecule has 0 unspecified atom stereocenters. The number of rotatable bonds is 10. The zero-order chi connectivity index (χ0) is 24.7. The quantitative estimate of drug-likeness (QED) is 0.266. The van der Waals surface area contributed by atoms with Crippen molar-refractivity contribution in [1.82, 2.24) is 30.0 Å². The summed E-state index contributed by atoms with van der Waals surface area (Å²) in [5.41, 5.74) is 2.13. The number of pyridine rings is 1. The normalized spacial score (nSPS) is 10.9. The molecule has 4 heterocycles. The summed E-state index contributed by atoms with van der Waals surface area (Å²) in [6, 6.07) is 17.0. The fraction of sp³-hybridized carbons (Fsp3) is 0.160. The lowest BCUT2D eigenvalue weighted by Gasteiger charge is -2.12. The molecule has 5 rings (SSSR count). The molecule has 1 N–H and O–H groups in total. The summed E-state index contributed by atoms with van der Waals surface area (Å²) in [4.78, 5) is 21.3. The molecule has 0 fully saturated rings. The molecule has 182 valence electrons. The molecule has 4 aromatic heterocycles. The SMILES string of the molecule is COc1ccccc1-n1c(SCc2nc(C(=O)NCCc3ccccn3)cs2)nnc1-c1ccco1. The Kier molecular flexibility index (Phi) is 7.39. The van der Waals surface area contributed by atoms with Crippen LogP contribution < -0.4 is 10.1 Å². The Morgan fingerprint density at radius 3 is 2.83 bits per heavy atom. The molecule has 1 aromatic carbocycles. The standard InChI is InChI=1S/C25H22N6O3S2/c1-33-20-9-3-2-8-19(20)31-23(21-10-6-14-34-21)29-30-25(31)36-16-22-28-18(15-35-22)24(32)27-13-11-17-7-4-5-12-26-17/h2-10,12,14-15H,11,13,16H2,1H3,(H,27,32). The van der Waals surface area contributed by atoms with Gasteiger partial charge in [-0.2, -0.15) is 0 Å². The summed E-state index contributed by atoms with van der Waals surface area (Å²) in [5, 5.41) is 14.9. The predicted molar refractivity (Wildman–Crippen MR) is 138 cm³/mol. The van der Waals surface area contributed by atoms with E-state index >= 15 is 0 Å². The number of carbonyl (C=O) groups excluding carboxylic acids is 1. The van der Waals surface area contributed by atoms with E-state index < -0.39 is 0 Å². The molecule has 11 heteroatoms. The van der Waals surface area contributed by atoms with Crippen molar-refractivity contribution in [3.63, 3.8) is 0 Å². The number of ether oxygens (including phenoxy) is 1. The molecule has 0 aliphatic heterocycles. The molecular formula is C25H22N6O3S2. The number of thiazole rings is 1. The third-order valence-electron chi connectivity index (χ3n) is 5.20. The number of para-hydroxylation sites is 2. The summed E-state index contributed by atoms with van der Waals surface area (Å²) >= 11 is 2.91. The summed E-state index contributed by atoms with van der Waals surface area (Å²) in [7, 11) is 1.63. The minimum Gasteiger partial charge on any atom is -0.495 e. The molecule has 5 aromatic rings. The number of carbonyl (C=O) groups is 1. The summed E-state index contributed by atoms with van der Waals surface area (Å²) in [6.45, 7) is 0.495. The van der Waals surface area contributed by atoms with Crippen LogP contribution in [0.4, 0.5) is 0 Å². The fourth-order valence-electron chi connectivity index (χ4n) is 3.51. The van der Waals surface area contributed by atoms with Crippen LogP contribution >= 0.6 is 23.1 Å². The van der Waals surface area contributed by atoms with Gasteiger partial charge >= 0.3 is 0 Å². The topological polar surface area (TPSA) is 108 Å². The first-order valence-electron chi connectivity index (χ1n) is 11.1. The molecular weight excluding hydrogens is 496 g/mol. The molecule has 0 saturated carbocycles. The van der Waals surface area contributed by atoms with E-state index in [9.17, 15) is 4.79 Å². The van der Waals surface area contributed by atoms with Crippen LogP contribution in [0, 0.1) is 0 Å². The average Bonchev–Trinajstić information content (AvgIpc) is 3.69. The Morgan fingerprint density at radius 2 is 2.03 bits per heavy atom. The first-order valence-corrected chi connectivity index (χ1v) is 13.0. The second kappa shape index (κ2) is 11.2. The van der Waals surface area contributed by atoms with E-state index in [1.54, 1.807) is 24.9 Å². The highest BCUT2D eigenvalue weighted by Crippen LogP contribution is 2.34. The first kappa shape index (κ1) is 23.8. The molecule has 36 heavy (non-hydrogen) atoms. The molecule has 0 aliphatic carbocycles. The summed E-state index contributed by atoms with van der Waals surface area (Å²) in [5.74, 6) is 2.18. The number of hydrogen-bond donors (Lipinski definition) is 1. The minimum absolute atomic E-state index is 0.198. The average molecular weight is 519 g/mol. The first-order chi connectivity index (χ1) is 17.7. The lowest BCUT2D eigenvalue weighted by Crippen LogP contribution is -2.26. The number of amides is 1. The van der Waals surface area contributed by atoms with Crippen LogP contribution in [0.25, 0.3) is 17.3 Å². The van der Waals surface area contributed by atoms with E-state index in [2.05, 4.69) is 25.5 Å². The van der Waals surface area contributed by atoms with Crippen LogP contribution in [-0.4, -0.2) is 44.3 Å². The summed E-state index contributed by atoms with van der Waals surface area (Å²) in [6.07, 6.45) is 4.01. The van der Waals surface area contributed by atoms with Crippen molar-refractivity contribution in [2.45, 2.75) is 17.3 Å². The zero-order valence-electron chi connectivity index (χ0n) is 19.3. The van der Waals surface area contributed by atoms with Gasteiger partial charge in [0.2, 0.25) is 5.82 Å². The Balaban J connectivity index is 1.29. The Hall–Kier alpha value is -3.96. The number of hydrogen-bond acceptors (Lipinski definition) is 9. The van der Waals surface area contributed by atoms with E-state index in [0.29, 0.717) is 46.9 Å². The predicted octanol–water partition coefficient (Wildman–Crippen LogP) is 4.65. The number of furan rings is 1. The van der Waals surface area contributed by atoms with Gasteiger partial charge in [-0.1, -0.05) is 30.0 Å². The van der Waals surface area contributed by atoms with Crippen molar-refractivity contribution >= 4 is 29.0 Å². The van der Waals surface area contributed by atoms with E-state index in [4.69, 9.17) is 9.15 Å². The summed E-state index contributed by atoms with van der Waals surface area (Å²) < 4.78 is 13.1. The molecule has 0 spiro atoms. The highest BCUT2D eigenvalue weighted by Gasteiger charge is 2.21. The van der Waals surface area contributed by atoms with Gasteiger partial charge in [0.25, 0.3) is 5.91 Å². The minimum atomic E-state index is -0.198. The molecule has 9 nitrogen and oxygen atoms in total. The van der Waals surface area contributed by atoms with E-state index in [-0.39, 0.29) is 5.91 Å². The molecule has 0 bridgehead atoms. The van der Waals surface area contributed by atoms with Gasteiger partial charge in [-0.05, 0) is 36.4 Å². The van der Waals surface area contributed by atoms with Crippen molar-refractivity contribution in [1.29, 1.82) is 0 Å². The van der Waals surface area contributed by atoms with Gasteiger partial charge in [-0.3, -0.25) is 14.3 Å². The smallest absolute Gasteiger partial charge is 0.270 e. The Bertz CT molecular complexity index is 1430. The van der Waals surface area contributed by atoms with Gasteiger partial charge in [-0.25, -0.2) is 4.98 Å². The van der Waals surface area contributed by atoms with Gasteiger partial charge < -0.3 is 14.5 Å². The van der Waals surface area contributed by atoms with Crippen molar-refractivity contribution in [3.05, 3.63) is 88.8 Å². The van der Waals surface area contributed by atoms with Gasteiger partial charge in [0, 0.05) is 30.2 Å². The van der Waals surface area contributed by atoms with Gasteiger partial charge in [0.05, 0.1) is 24.8 Å². The number of aromatic nitrogens is 5. The maximum absolute atomic E-state index is 12.5. The van der Waals surface area contributed by atoms with Crippen LogP contribution in [0.2, 0.25) is 0 Å². The fourth-order valence-corrected chi connectivity index (χ4v) is 5.25. The molecule has 0 aliphatic rings. The van der Waals surface area contributed by atoms with Crippen molar-refractivity contribution in [3.8, 4) is 23.0 Å². The van der Waals surface area contributed by atoms with Crippen LogP contribution in [-0.2, 0) is 12.2 Å². The second-order valence-electron chi connectivity index (χ2n) is 7.53. The maximum Gasteiger partial charge on any atom is 0.270 e. The van der Waals surface area contributed by atoms with Gasteiger partial charge in [0.15, 0.2) is 10.9 Å².